The van der Waals surface area contributed by atoms with E-state index in [1.807, 2.05) is 6.92 Å². The smallest absolute Gasteiger partial charge is 0.0441 e. The second-order valence-corrected chi connectivity index (χ2v) is 6.79. The van der Waals surface area contributed by atoms with Gasteiger partial charge >= 0.3 is 0 Å². The number of rotatable bonds is 5. The lowest BCUT2D eigenvalue weighted by Crippen LogP contribution is -2.34. The van der Waals surface area contributed by atoms with Crippen molar-refractivity contribution in [3.05, 3.63) is 0 Å². The summed E-state index contributed by atoms with van der Waals surface area (Å²) in [5.41, 5.74) is 0. The minimum Gasteiger partial charge on any atom is -0.315 e. The second-order valence-electron chi connectivity index (χ2n) is 4.99. The van der Waals surface area contributed by atoms with Crippen LogP contribution in [-0.2, 0) is 10.8 Å². The Bertz CT molecular complexity index is 208. The van der Waals surface area contributed by atoms with Gasteiger partial charge in [0.25, 0.3) is 0 Å². The topological polar surface area (TPSA) is 29.1 Å². The first-order valence-electron chi connectivity index (χ1n) is 6.14. The molecule has 1 N–H and O–H groups in total. The standard InChI is InChI=1S/C12H25NOS/c1-10-6-4-5-7-12(10)9-13-8-11(2)15(3)14/h10-13H,4-9H2,1-3H3/t10-,11+,12-,15+/m1/s1. The van der Waals surface area contributed by atoms with Crippen LogP contribution >= 0.6 is 0 Å². The summed E-state index contributed by atoms with van der Waals surface area (Å²) in [6, 6.07) is 0. The van der Waals surface area contributed by atoms with Crippen LogP contribution in [0.2, 0.25) is 0 Å². The van der Waals surface area contributed by atoms with E-state index in [-0.39, 0.29) is 5.25 Å². The van der Waals surface area contributed by atoms with E-state index in [9.17, 15) is 4.21 Å². The Kier molecular flexibility index (Phi) is 5.83. The molecule has 90 valence electrons. The van der Waals surface area contributed by atoms with E-state index in [0.717, 1.165) is 24.9 Å². The van der Waals surface area contributed by atoms with Crippen LogP contribution < -0.4 is 5.32 Å². The van der Waals surface area contributed by atoms with Gasteiger partial charge in [-0.1, -0.05) is 26.2 Å². The van der Waals surface area contributed by atoms with Gasteiger partial charge in [-0.2, -0.15) is 0 Å². The number of hydrogen-bond donors (Lipinski definition) is 1. The highest BCUT2D eigenvalue weighted by atomic mass is 32.2. The van der Waals surface area contributed by atoms with Crippen molar-refractivity contribution in [2.75, 3.05) is 19.3 Å². The van der Waals surface area contributed by atoms with Crippen LogP contribution in [0.15, 0.2) is 0 Å². The van der Waals surface area contributed by atoms with Gasteiger partial charge in [-0.25, -0.2) is 0 Å². The molecule has 0 heterocycles. The van der Waals surface area contributed by atoms with Crippen molar-refractivity contribution in [2.24, 2.45) is 11.8 Å². The molecule has 1 saturated carbocycles. The van der Waals surface area contributed by atoms with Gasteiger partial charge < -0.3 is 5.32 Å². The largest absolute Gasteiger partial charge is 0.315 e. The third-order valence-corrected chi connectivity index (χ3v) is 4.99. The van der Waals surface area contributed by atoms with Gasteiger partial charge in [0.15, 0.2) is 0 Å². The molecular weight excluding hydrogens is 206 g/mol. The second kappa shape index (κ2) is 6.64. The predicted molar refractivity (Wildman–Crippen MR) is 67.5 cm³/mol. The summed E-state index contributed by atoms with van der Waals surface area (Å²) in [5, 5.41) is 3.75. The van der Waals surface area contributed by atoms with Gasteiger partial charge in [-0.3, -0.25) is 4.21 Å². The highest BCUT2D eigenvalue weighted by Gasteiger charge is 2.20. The Morgan fingerprint density at radius 1 is 1.40 bits per heavy atom. The lowest BCUT2D eigenvalue weighted by atomic mass is 9.80. The van der Waals surface area contributed by atoms with E-state index in [1.165, 1.54) is 25.7 Å². The first-order valence-corrected chi connectivity index (χ1v) is 7.76. The molecule has 0 aromatic rings. The van der Waals surface area contributed by atoms with Crippen LogP contribution in [0.4, 0.5) is 0 Å². The number of nitrogens with one attached hydrogen (secondary N) is 1. The first kappa shape index (κ1) is 13.2. The van der Waals surface area contributed by atoms with E-state index >= 15 is 0 Å². The fourth-order valence-electron chi connectivity index (χ4n) is 2.29. The zero-order chi connectivity index (χ0) is 11.3. The third kappa shape index (κ3) is 4.64. The van der Waals surface area contributed by atoms with Crippen molar-refractivity contribution >= 4 is 10.8 Å². The Morgan fingerprint density at radius 3 is 2.67 bits per heavy atom. The zero-order valence-electron chi connectivity index (χ0n) is 10.3. The minimum absolute atomic E-state index is 0.281. The monoisotopic (exact) mass is 231 g/mol. The molecule has 0 unspecified atom stereocenters. The van der Waals surface area contributed by atoms with E-state index in [2.05, 4.69) is 12.2 Å². The molecule has 1 rings (SSSR count). The van der Waals surface area contributed by atoms with Gasteiger partial charge in [0, 0.05) is 28.9 Å². The maximum atomic E-state index is 11.2. The van der Waals surface area contributed by atoms with Crippen LogP contribution in [0.25, 0.3) is 0 Å². The molecule has 15 heavy (non-hydrogen) atoms. The van der Waals surface area contributed by atoms with Crippen LogP contribution in [0, 0.1) is 11.8 Å². The normalized spacial score (nSPS) is 31.1. The minimum atomic E-state index is -0.688. The van der Waals surface area contributed by atoms with Gasteiger partial charge in [0.2, 0.25) is 0 Å². The van der Waals surface area contributed by atoms with E-state index in [0.29, 0.717) is 0 Å². The van der Waals surface area contributed by atoms with Crippen molar-refractivity contribution in [2.45, 2.75) is 44.8 Å². The fraction of sp³-hybridized carbons (Fsp3) is 1.00. The van der Waals surface area contributed by atoms with E-state index in [1.54, 1.807) is 6.26 Å². The molecule has 2 nitrogen and oxygen atoms in total. The molecule has 0 amide bonds. The number of hydrogen-bond acceptors (Lipinski definition) is 2. The summed E-state index contributed by atoms with van der Waals surface area (Å²) in [5.74, 6) is 1.71. The van der Waals surface area contributed by atoms with Crippen molar-refractivity contribution in [1.29, 1.82) is 0 Å². The van der Waals surface area contributed by atoms with Crippen molar-refractivity contribution < 1.29 is 4.21 Å². The van der Waals surface area contributed by atoms with Crippen molar-refractivity contribution in [3.8, 4) is 0 Å². The molecule has 1 fully saturated rings. The summed E-state index contributed by atoms with van der Waals surface area (Å²) in [7, 11) is -0.688. The molecular formula is C12H25NOS. The quantitative estimate of drug-likeness (QED) is 0.785. The average Bonchev–Trinajstić information content (AvgIpc) is 2.20. The summed E-state index contributed by atoms with van der Waals surface area (Å²) in [6.45, 7) is 6.43. The summed E-state index contributed by atoms with van der Waals surface area (Å²) in [6.07, 6.45) is 7.36. The van der Waals surface area contributed by atoms with Gasteiger partial charge in [-0.05, 0) is 31.7 Å². The Balaban J connectivity index is 2.16. The maximum absolute atomic E-state index is 11.2. The van der Waals surface area contributed by atoms with Gasteiger partial charge in [-0.15, -0.1) is 0 Å². The third-order valence-electron chi connectivity index (χ3n) is 3.69. The molecule has 0 saturated heterocycles. The lowest BCUT2D eigenvalue weighted by molar-refractivity contribution is 0.248. The van der Waals surface area contributed by atoms with Crippen LogP contribution in [-0.4, -0.2) is 28.8 Å². The Hall–Kier alpha value is 0.110. The van der Waals surface area contributed by atoms with Crippen LogP contribution in [0.3, 0.4) is 0 Å². The average molecular weight is 231 g/mol. The van der Waals surface area contributed by atoms with E-state index in [4.69, 9.17) is 0 Å². The van der Waals surface area contributed by atoms with E-state index < -0.39 is 10.8 Å². The SMILES string of the molecule is C[C@@H]1CCCC[C@@H]1CNC[C@H](C)[S@](C)=O. The highest BCUT2D eigenvalue weighted by Crippen LogP contribution is 2.28. The van der Waals surface area contributed by atoms with Gasteiger partial charge in [0.05, 0.1) is 0 Å². The fourth-order valence-corrected chi connectivity index (χ4v) is 2.64. The predicted octanol–water partition coefficient (Wildman–Crippen LogP) is 2.17. The molecule has 0 aromatic heterocycles. The molecule has 0 radical (unpaired) electrons. The summed E-state index contributed by atoms with van der Waals surface area (Å²) < 4.78 is 11.2. The molecule has 0 spiro atoms. The molecule has 3 heteroatoms. The van der Waals surface area contributed by atoms with Gasteiger partial charge in [0.1, 0.15) is 0 Å². The highest BCUT2D eigenvalue weighted by molar-refractivity contribution is 7.84. The van der Waals surface area contributed by atoms with Crippen molar-refractivity contribution in [1.82, 2.24) is 5.32 Å². The maximum Gasteiger partial charge on any atom is 0.0441 e. The zero-order valence-corrected chi connectivity index (χ0v) is 11.1. The molecule has 1 aliphatic rings. The Morgan fingerprint density at radius 2 is 2.07 bits per heavy atom. The Labute approximate surface area is 96.7 Å². The summed E-state index contributed by atoms with van der Waals surface area (Å²) >= 11 is 0. The first-order chi connectivity index (χ1) is 7.11. The van der Waals surface area contributed by atoms with Crippen molar-refractivity contribution in [3.63, 3.8) is 0 Å². The van der Waals surface area contributed by atoms with Crippen LogP contribution in [0.5, 0.6) is 0 Å². The molecule has 0 bridgehead atoms. The molecule has 4 atom stereocenters. The summed E-state index contributed by atoms with van der Waals surface area (Å²) in [4.78, 5) is 0. The molecule has 1 aliphatic carbocycles. The lowest BCUT2D eigenvalue weighted by Gasteiger charge is -2.29. The molecule has 0 aliphatic heterocycles. The van der Waals surface area contributed by atoms with Crippen LogP contribution in [0.1, 0.15) is 39.5 Å². The molecule has 0 aromatic carbocycles.